The molecule has 4 atom stereocenters. The van der Waals surface area contributed by atoms with Gasteiger partial charge in [-0.05, 0) is 47.8 Å². The van der Waals surface area contributed by atoms with Crippen LogP contribution in [0.2, 0.25) is 0 Å². The molecule has 1 heterocycles. The Bertz CT molecular complexity index is 824. The maximum atomic E-state index is 12.7. The number of amides is 2. The number of nitrogens with zero attached hydrogens (tertiary/aromatic N) is 3. The quantitative estimate of drug-likeness (QED) is 0.476. The van der Waals surface area contributed by atoms with Crippen LogP contribution < -0.4 is 0 Å². The highest BCUT2D eigenvalue weighted by Crippen LogP contribution is 2.73. The Morgan fingerprint density at radius 1 is 1.08 bits per heavy atom. The van der Waals surface area contributed by atoms with Gasteiger partial charge in [0.05, 0.1) is 29.7 Å². The molecule has 24 heavy (non-hydrogen) atoms. The van der Waals surface area contributed by atoms with E-state index in [0.29, 0.717) is 5.56 Å². The molecule has 3 fully saturated rings. The van der Waals surface area contributed by atoms with Gasteiger partial charge in [0.25, 0.3) is 11.8 Å². The largest absolute Gasteiger partial charge is 0.272 e. The van der Waals surface area contributed by atoms with Crippen LogP contribution in [0.25, 0.3) is 0 Å². The van der Waals surface area contributed by atoms with Crippen LogP contribution >= 0.6 is 0 Å². The number of benzene rings is 1. The minimum atomic E-state index is -0.215. The average molecular weight is 317 g/mol. The number of allylic oxidation sites excluding steroid dienone is 2. The minimum Gasteiger partial charge on any atom is -0.272 e. The number of hydrogen-bond acceptors (Lipinski definition) is 4. The van der Waals surface area contributed by atoms with E-state index in [0.717, 1.165) is 23.4 Å². The maximum Gasteiger partial charge on any atom is 0.254 e. The Hall–Kier alpha value is -2.74. The van der Waals surface area contributed by atoms with E-state index in [-0.39, 0.29) is 40.9 Å². The highest BCUT2D eigenvalue weighted by molar-refractivity contribution is 6.07. The van der Waals surface area contributed by atoms with Gasteiger partial charge >= 0.3 is 0 Å². The monoisotopic (exact) mass is 317 g/mol. The number of hydrazone groups is 1. The summed E-state index contributed by atoms with van der Waals surface area (Å²) >= 11 is 0. The van der Waals surface area contributed by atoms with Crippen molar-refractivity contribution in [3.05, 3.63) is 47.5 Å². The van der Waals surface area contributed by atoms with Crippen molar-refractivity contribution in [2.75, 3.05) is 0 Å². The number of rotatable bonds is 2. The fourth-order valence-electron chi connectivity index (χ4n) is 4.94. The summed E-state index contributed by atoms with van der Waals surface area (Å²) in [6, 6.07) is 8.92. The third-order valence-electron chi connectivity index (χ3n) is 6.19. The predicted octanol–water partition coefficient (Wildman–Crippen LogP) is 2.09. The zero-order valence-electron chi connectivity index (χ0n) is 12.9. The van der Waals surface area contributed by atoms with E-state index in [9.17, 15) is 9.59 Å². The van der Waals surface area contributed by atoms with E-state index in [4.69, 9.17) is 5.26 Å². The van der Waals surface area contributed by atoms with Crippen molar-refractivity contribution in [2.24, 2.45) is 34.2 Å². The van der Waals surface area contributed by atoms with E-state index >= 15 is 0 Å². The van der Waals surface area contributed by atoms with Gasteiger partial charge in [0.1, 0.15) is 0 Å². The summed E-state index contributed by atoms with van der Waals surface area (Å²) in [4.78, 5) is 25.5. The number of fused-ring (bicyclic) bond motifs is 3. The van der Waals surface area contributed by atoms with Crippen molar-refractivity contribution in [1.29, 1.82) is 5.26 Å². The second-order valence-electron chi connectivity index (χ2n) is 7.19. The number of nitriles is 1. The highest BCUT2D eigenvalue weighted by atomic mass is 16.2. The van der Waals surface area contributed by atoms with Crippen molar-refractivity contribution < 1.29 is 9.59 Å². The molecule has 1 aromatic rings. The normalized spacial score (nSPS) is 34.4. The summed E-state index contributed by atoms with van der Waals surface area (Å²) < 4.78 is 0. The van der Waals surface area contributed by atoms with E-state index in [1.54, 1.807) is 24.3 Å². The zero-order chi connectivity index (χ0) is 16.5. The molecule has 2 bridgehead atoms. The molecule has 4 unspecified atom stereocenters. The Morgan fingerprint density at radius 3 is 2.17 bits per heavy atom. The van der Waals surface area contributed by atoms with Gasteiger partial charge in [-0.25, -0.2) is 0 Å². The van der Waals surface area contributed by atoms with Crippen molar-refractivity contribution in [2.45, 2.75) is 12.8 Å². The first-order chi connectivity index (χ1) is 11.7. The van der Waals surface area contributed by atoms with Crippen LogP contribution in [0.5, 0.6) is 0 Å². The topological polar surface area (TPSA) is 73.5 Å². The standard InChI is InChI=1S/C19H15N3O2/c20-9-11-1-3-12(4-2-11)10-21-22-17(23)15-13-5-6-14(16(15)18(22)24)19(13)7-8-19/h1-6,10,13-16H,7-8H2/b21-10+. The number of carbonyl (C=O) groups is 2. The fourth-order valence-corrected chi connectivity index (χ4v) is 4.94. The Labute approximate surface area is 139 Å². The lowest BCUT2D eigenvalue weighted by atomic mass is 9.85. The van der Waals surface area contributed by atoms with Gasteiger partial charge in [-0.1, -0.05) is 24.3 Å². The summed E-state index contributed by atoms with van der Waals surface area (Å²) in [5, 5.41) is 14.0. The minimum absolute atomic E-state index is 0.155. The molecule has 2 saturated carbocycles. The maximum absolute atomic E-state index is 12.7. The van der Waals surface area contributed by atoms with Crippen LogP contribution in [0, 0.1) is 40.4 Å². The molecule has 1 aliphatic heterocycles. The molecule has 2 amide bonds. The number of hydrogen-bond donors (Lipinski definition) is 0. The SMILES string of the molecule is N#Cc1ccc(/C=N/N2C(=O)C3C(C2=O)C2C=CC3C23CC3)cc1. The van der Waals surface area contributed by atoms with Gasteiger partial charge in [-0.3, -0.25) is 9.59 Å². The van der Waals surface area contributed by atoms with Crippen LogP contribution in [-0.4, -0.2) is 23.0 Å². The van der Waals surface area contributed by atoms with Crippen LogP contribution in [0.1, 0.15) is 24.0 Å². The number of carbonyl (C=O) groups excluding carboxylic acids is 2. The van der Waals surface area contributed by atoms with Crippen LogP contribution in [0.15, 0.2) is 41.5 Å². The van der Waals surface area contributed by atoms with Gasteiger partial charge in [0.2, 0.25) is 0 Å². The van der Waals surface area contributed by atoms with Crippen molar-refractivity contribution in [1.82, 2.24) is 5.01 Å². The summed E-state index contributed by atoms with van der Waals surface area (Å²) in [6.45, 7) is 0. The number of imide groups is 1. The molecular weight excluding hydrogens is 302 g/mol. The van der Waals surface area contributed by atoms with Crippen molar-refractivity contribution in [3.63, 3.8) is 0 Å². The molecule has 5 rings (SSSR count). The molecule has 0 aromatic heterocycles. The molecule has 1 saturated heterocycles. The van der Waals surface area contributed by atoms with Crippen molar-refractivity contribution >= 4 is 18.0 Å². The second-order valence-corrected chi connectivity index (χ2v) is 7.19. The summed E-state index contributed by atoms with van der Waals surface area (Å²) in [7, 11) is 0. The molecular formula is C19H15N3O2. The highest BCUT2D eigenvalue weighted by Gasteiger charge is 2.73. The lowest BCUT2D eigenvalue weighted by molar-refractivity contribution is -0.141. The third kappa shape index (κ3) is 1.56. The van der Waals surface area contributed by atoms with Gasteiger partial charge in [0.15, 0.2) is 0 Å². The zero-order valence-corrected chi connectivity index (χ0v) is 12.9. The fraction of sp³-hybridized carbons (Fsp3) is 0.368. The molecule has 5 heteroatoms. The molecule has 1 spiro atoms. The van der Waals surface area contributed by atoms with Crippen LogP contribution in [-0.2, 0) is 9.59 Å². The van der Waals surface area contributed by atoms with E-state index in [1.165, 1.54) is 6.21 Å². The Kier molecular flexibility index (Phi) is 2.52. The molecule has 3 aliphatic carbocycles. The van der Waals surface area contributed by atoms with Crippen LogP contribution in [0.3, 0.4) is 0 Å². The predicted molar refractivity (Wildman–Crippen MR) is 85.4 cm³/mol. The smallest absolute Gasteiger partial charge is 0.254 e. The van der Waals surface area contributed by atoms with Gasteiger partial charge in [-0.15, -0.1) is 0 Å². The Morgan fingerprint density at radius 2 is 1.67 bits per heavy atom. The van der Waals surface area contributed by atoms with Crippen molar-refractivity contribution in [3.8, 4) is 6.07 Å². The second kappa shape index (κ2) is 4.41. The van der Waals surface area contributed by atoms with Crippen LogP contribution in [0.4, 0.5) is 0 Å². The molecule has 0 N–H and O–H groups in total. The molecule has 5 nitrogen and oxygen atoms in total. The summed E-state index contributed by atoms with van der Waals surface area (Å²) in [6.07, 6.45) is 8.09. The third-order valence-corrected chi connectivity index (χ3v) is 6.19. The van der Waals surface area contributed by atoms with E-state index in [2.05, 4.69) is 23.3 Å². The lowest BCUT2D eigenvalue weighted by Crippen LogP contribution is -2.30. The first-order valence-electron chi connectivity index (χ1n) is 8.26. The van der Waals surface area contributed by atoms with Gasteiger partial charge < -0.3 is 0 Å². The first-order valence-corrected chi connectivity index (χ1v) is 8.26. The first kappa shape index (κ1) is 13.7. The lowest BCUT2D eigenvalue weighted by Gasteiger charge is -2.18. The van der Waals surface area contributed by atoms with E-state index in [1.807, 2.05) is 0 Å². The molecule has 1 aromatic carbocycles. The Balaban J connectivity index is 1.41. The molecule has 118 valence electrons. The average Bonchev–Trinajstić information content (AvgIpc) is 3.21. The molecule has 4 aliphatic rings. The summed E-state index contributed by atoms with van der Waals surface area (Å²) in [5.74, 6) is -0.296. The molecule has 0 radical (unpaired) electrons. The van der Waals surface area contributed by atoms with Gasteiger partial charge in [-0.2, -0.15) is 15.4 Å². The summed E-state index contributed by atoms with van der Waals surface area (Å²) in [5.41, 5.74) is 1.53. The van der Waals surface area contributed by atoms with E-state index < -0.39 is 0 Å². The van der Waals surface area contributed by atoms with Gasteiger partial charge in [0, 0.05) is 0 Å².